The lowest BCUT2D eigenvalue weighted by molar-refractivity contribution is 0.102. The normalized spacial score (nSPS) is 11.0. The zero-order valence-corrected chi connectivity index (χ0v) is 15.5. The summed E-state index contributed by atoms with van der Waals surface area (Å²) >= 11 is 0. The van der Waals surface area contributed by atoms with E-state index in [2.05, 4.69) is 20.6 Å². The second-order valence-corrected chi connectivity index (χ2v) is 6.77. The highest BCUT2D eigenvalue weighted by Gasteiger charge is 2.10. The van der Waals surface area contributed by atoms with Crippen molar-refractivity contribution in [1.82, 2.24) is 20.0 Å². The summed E-state index contributed by atoms with van der Waals surface area (Å²) in [5.74, 6) is -0.166. The molecule has 1 amide bonds. The molecule has 0 aliphatic heterocycles. The third-order valence-electron chi connectivity index (χ3n) is 4.85. The van der Waals surface area contributed by atoms with E-state index in [9.17, 15) is 4.79 Å². The van der Waals surface area contributed by atoms with Gasteiger partial charge in [0.25, 0.3) is 5.91 Å². The van der Waals surface area contributed by atoms with Crippen LogP contribution in [0, 0.1) is 0 Å². The van der Waals surface area contributed by atoms with E-state index in [1.165, 1.54) is 0 Å². The predicted octanol–water partition coefficient (Wildman–Crippen LogP) is 4.28. The second-order valence-electron chi connectivity index (χ2n) is 6.77. The van der Waals surface area contributed by atoms with Crippen molar-refractivity contribution >= 4 is 33.5 Å². The largest absolute Gasteiger partial charge is 0.320 e. The highest BCUT2D eigenvalue weighted by Crippen LogP contribution is 2.21. The zero-order valence-electron chi connectivity index (χ0n) is 15.5. The van der Waals surface area contributed by atoms with Crippen molar-refractivity contribution in [3.8, 4) is 0 Å². The van der Waals surface area contributed by atoms with Crippen LogP contribution in [0.3, 0.4) is 0 Å². The van der Waals surface area contributed by atoms with Crippen molar-refractivity contribution in [1.29, 1.82) is 0 Å². The van der Waals surface area contributed by atoms with Crippen molar-refractivity contribution in [3.05, 3.63) is 96.2 Å². The molecule has 0 unspecified atom stereocenters. The minimum absolute atomic E-state index is 0.166. The molecule has 140 valence electrons. The van der Waals surface area contributed by atoms with E-state index in [1.807, 2.05) is 83.5 Å². The summed E-state index contributed by atoms with van der Waals surface area (Å²) in [6, 6.07) is 25.0. The summed E-state index contributed by atoms with van der Waals surface area (Å²) in [6.45, 7) is 0.593. The van der Waals surface area contributed by atoms with E-state index in [-0.39, 0.29) is 5.91 Å². The van der Waals surface area contributed by atoms with Crippen molar-refractivity contribution in [2.75, 3.05) is 5.32 Å². The maximum absolute atomic E-state index is 12.7. The standard InChI is InChI=1S/C23H17N5O/c29-23(25-20-8-3-5-17-6-4-14-24-22(17)20)18-12-10-16(11-13-18)15-28-21-9-2-1-7-19(21)26-27-28/h1-14H,15H2,(H,25,29). The Hall–Kier alpha value is -4.06. The number of nitrogens with zero attached hydrogens (tertiary/aromatic N) is 4. The van der Waals surface area contributed by atoms with Crippen LogP contribution >= 0.6 is 0 Å². The molecule has 0 fully saturated rings. The van der Waals surface area contributed by atoms with E-state index in [0.29, 0.717) is 17.8 Å². The molecule has 0 aliphatic carbocycles. The topological polar surface area (TPSA) is 72.7 Å². The van der Waals surface area contributed by atoms with Gasteiger partial charge in [-0.3, -0.25) is 9.78 Å². The van der Waals surface area contributed by atoms with E-state index in [0.717, 1.165) is 27.5 Å². The Morgan fingerprint density at radius 3 is 2.62 bits per heavy atom. The van der Waals surface area contributed by atoms with Crippen molar-refractivity contribution in [2.24, 2.45) is 0 Å². The third-order valence-corrected chi connectivity index (χ3v) is 4.85. The molecular weight excluding hydrogens is 362 g/mol. The highest BCUT2D eigenvalue weighted by molar-refractivity contribution is 6.08. The average molecular weight is 379 g/mol. The number of benzene rings is 3. The number of hydrogen-bond donors (Lipinski definition) is 1. The SMILES string of the molecule is O=C(Nc1cccc2cccnc12)c1ccc(Cn2nnc3ccccc32)cc1. The number of carbonyl (C=O) groups excluding carboxylic acids is 1. The van der Waals surface area contributed by atoms with Crippen molar-refractivity contribution in [3.63, 3.8) is 0 Å². The van der Waals surface area contributed by atoms with Crippen LogP contribution in [0.4, 0.5) is 5.69 Å². The number of rotatable bonds is 4. The average Bonchev–Trinajstić information content (AvgIpc) is 3.17. The van der Waals surface area contributed by atoms with Crippen LogP contribution in [0.5, 0.6) is 0 Å². The van der Waals surface area contributed by atoms with Gasteiger partial charge < -0.3 is 5.32 Å². The molecule has 0 bridgehead atoms. The first-order chi connectivity index (χ1) is 14.3. The van der Waals surface area contributed by atoms with Crippen LogP contribution in [0.25, 0.3) is 21.9 Å². The Bertz CT molecular complexity index is 1320. The summed E-state index contributed by atoms with van der Waals surface area (Å²) in [6.07, 6.45) is 1.72. The molecule has 2 heterocycles. The fourth-order valence-electron chi connectivity index (χ4n) is 3.37. The van der Waals surface area contributed by atoms with Gasteiger partial charge in [-0.25, -0.2) is 4.68 Å². The minimum Gasteiger partial charge on any atom is -0.320 e. The molecule has 5 aromatic rings. The zero-order chi connectivity index (χ0) is 19.6. The molecule has 6 heteroatoms. The molecule has 29 heavy (non-hydrogen) atoms. The van der Waals surface area contributed by atoms with Crippen molar-refractivity contribution < 1.29 is 4.79 Å². The third kappa shape index (κ3) is 3.32. The number of fused-ring (bicyclic) bond motifs is 2. The molecule has 3 aromatic carbocycles. The number of para-hydroxylation sites is 2. The van der Waals surface area contributed by atoms with Crippen LogP contribution in [0.2, 0.25) is 0 Å². The van der Waals surface area contributed by atoms with Gasteiger partial charge in [-0.2, -0.15) is 0 Å². The van der Waals surface area contributed by atoms with Gasteiger partial charge >= 0.3 is 0 Å². The first kappa shape index (κ1) is 17.1. The number of anilines is 1. The monoisotopic (exact) mass is 379 g/mol. The lowest BCUT2D eigenvalue weighted by atomic mass is 10.1. The predicted molar refractivity (Wildman–Crippen MR) is 113 cm³/mol. The Morgan fingerprint density at radius 1 is 0.897 bits per heavy atom. The fourth-order valence-corrected chi connectivity index (χ4v) is 3.37. The molecule has 0 saturated carbocycles. The lowest BCUT2D eigenvalue weighted by Crippen LogP contribution is -2.12. The number of nitrogens with one attached hydrogen (secondary N) is 1. The maximum atomic E-state index is 12.7. The molecule has 0 spiro atoms. The van der Waals surface area contributed by atoms with Gasteiger partial charge in [-0.05, 0) is 42.0 Å². The van der Waals surface area contributed by atoms with Crippen LogP contribution < -0.4 is 5.32 Å². The quantitative estimate of drug-likeness (QED) is 0.506. The van der Waals surface area contributed by atoms with Crippen LogP contribution in [0.15, 0.2) is 85.1 Å². The molecule has 6 nitrogen and oxygen atoms in total. The van der Waals surface area contributed by atoms with Crippen molar-refractivity contribution in [2.45, 2.75) is 6.54 Å². The van der Waals surface area contributed by atoms with Gasteiger partial charge in [0.2, 0.25) is 0 Å². The summed E-state index contributed by atoms with van der Waals surface area (Å²) in [7, 11) is 0. The van der Waals surface area contributed by atoms with Gasteiger partial charge in [0.15, 0.2) is 0 Å². The molecule has 0 atom stereocenters. The molecule has 0 saturated heterocycles. The van der Waals surface area contributed by atoms with E-state index in [1.54, 1.807) is 6.20 Å². The molecule has 0 aliphatic rings. The van der Waals surface area contributed by atoms with Gasteiger partial charge in [-0.15, -0.1) is 5.10 Å². The molecule has 1 N–H and O–H groups in total. The Balaban J connectivity index is 1.35. The first-order valence-corrected chi connectivity index (χ1v) is 9.30. The summed E-state index contributed by atoms with van der Waals surface area (Å²) in [5, 5.41) is 12.3. The van der Waals surface area contributed by atoms with Gasteiger partial charge in [0, 0.05) is 17.1 Å². The highest BCUT2D eigenvalue weighted by atomic mass is 16.1. The van der Waals surface area contributed by atoms with Gasteiger partial charge in [0.05, 0.1) is 23.3 Å². The Morgan fingerprint density at radius 2 is 1.72 bits per heavy atom. The van der Waals surface area contributed by atoms with Gasteiger partial charge in [0.1, 0.15) is 5.52 Å². The number of carbonyl (C=O) groups is 1. The van der Waals surface area contributed by atoms with Crippen LogP contribution in [0.1, 0.15) is 15.9 Å². The molecule has 2 aromatic heterocycles. The lowest BCUT2D eigenvalue weighted by Gasteiger charge is -2.09. The Kier molecular flexibility index (Phi) is 4.22. The molecular formula is C23H17N5O. The first-order valence-electron chi connectivity index (χ1n) is 9.30. The second kappa shape index (κ2) is 7.16. The number of hydrogen-bond acceptors (Lipinski definition) is 4. The fraction of sp³-hybridized carbons (Fsp3) is 0.0435. The smallest absolute Gasteiger partial charge is 0.255 e. The van der Waals surface area contributed by atoms with E-state index < -0.39 is 0 Å². The van der Waals surface area contributed by atoms with Crippen LogP contribution in [-0.2, 0) is 6.54 Å². The van der Waals surface area contributed by atoms with Gasteiger partial charge in [-0.1, -0.05) is 47.7 Å². The number of aromatic nitrogens is 4. The Labute approximate surface area is 166 Å². The summed E-state index contributed by atoms with van der Waals surface area (Å²) in [4.78, 5) is 17.1. The maximum Gasteiger partial charge on any atom is 0.255 e. The summed E-state index contributed by atoms with van der Waals surface area (Å²) in [5.41, 5.74) is 4.96. The van der Waals surface area contributed by atoms with Crippen LogP contribution in [-0.4, -0.2) is 25.9 Å². The summed E-state index contributed by atoms with van der Waals surface area (Å²) < 4.78 is 1.85. The number of amides is 1. The van der Waals surface area contributed by atoms with E-state index in [4.69, 9.17) is 0 Å². The molecule has 0 radical (unpaired) electrons. The number of pyridine rings is 1. The van der Waals surface area contributed by atoms with E-state index >= 15 is 0 Å². The minimum atomic E-state index is -0.166. The molecule has 5 rings (SSSR count).